The summed E-state index contributed by atoms with van der Waals surface area (Å²) in [6.45, 7) is 4.72. The lowest BCUT2D eigenvalue weighted by atomic mass is 9.93. The number of amides is 1. The highest BCUT2D eigenvalue weighted by molar-refractivity contribution is 5.80. The zero-order chi connectivity index (χ0) is 13.4. The minimum Gasteiger partial charge on any atom is -0.468 e. The van der Waals surface area contributed by atoms with Crippen molar-refractivity contribution in [2.24, 2.45) is 0 Å². The van der Waals surface area contributed by atoms with Crippen LogP contribution in [0.15, 0.2) is 30.3 Å². The molecule has 0 radical (unpaired) electrons. The van der Waals surface area contributed by atoms with Crippen molar-refractivity contribution in [1.82, 2.24) is 5.32 Å². The van der Waals surface area contributed by atoms with E-state index in [0.717, 1.165) is 0 Å². The van der Waals surface area contributed by atoms with E-state index in [1.165, 1.54) is 5.56 Å². The molecule has 0 bridgehead atoms. The first-order chi connectivity index (χ1) is 8.69. The number of carbonyl (C=O) groups excluding carboxylic acids is 2. The summed E-state index contributed by atoms with van der Waals surface area (Å²) in [5.74, 6) is 0.523. The molecule has 2 unspecified atom stereocenters. The number of nitrogens with one attached hydrogen (secondary N) is 1. The molecule has 1 aliphatic heterocycles. The molecule has 0 saturated carbocycles. The molecule has 0 spiro atoms. The monoisotopic (exact) mass is 249 g/mol. The Morgan fingerprint density at radius 1 is 1.39 bits per heavy atom. The van der Waals surface area contributed by atoms with Crippen LogP contribution < -0.4 is 5.32 Å². The molecule has 98 valence electrons. The SMILES string of the molecule is CC1NC(=O)CC1c1ccccc1.CCOC=O. The van der Waals surface area contributed by atoms with Gasteiger partial charge < -0.3 is 10.1 Å². The molecule has 18 heavy (non-hydrogen) atoms. The van der Waals surface area contributed by atoms with E-state index in [4.69, 9.17) is 0 Å². The van der Waals surface area contributed by atoms with Crippen molar-refractivity contribution in [3.05, 3.63) is 35.9 Å². The van der Waals surface area contributed by atoms with E-state index < -0.39 is 0 Å². The van der Waals surface area contributed by atoms with Gasteiger partial charge in [0.1, 0.15) is 0 Å². The Morgan fingerprint density at radius 2 is 2.06 bits per heavy atom. The van der Waals surface area contributed by atoms with Gasteiger partial charge in [0.2, 0.25) is 5.91 Å². The van der Waals surface area contributed by atoms with E-state index in [9.17, 15) is 9.59 Å². The van der Waals surface area contributed by atoms with Crippen LogP contribution in [0, 0.1) is 0 Å². The molecule has 1 aromatic carbocycles. The Hall–Kier alpha value is -1.84. The van der Waals surface area contributed by atoms with Gasteiger partial charge in [-0.2, -0.15) is 0 Å². The molecule has 2 atom stereocenters. The molecule has 1 amide bonds. The number of hydrogen-bond donors (Lipinski definition) is 1. The minimum absolute atomic E-state index is 0.168. The van der Waals surface area contributed by atoms with Crippen LogP contribution in [0.2, 0.25) is 0 Å². The Labute approximate surface area is 107 Å². The maximum Gasteiger partial charge on any atom is 0.293 e. The fourth-order valence-corrected chi connectivity index (χ4v) is 1.96. The normalized spacial score (nSPS) is 21.6. The first-order valence-corrected chi connectivity index (χ1v) is 6.08. The molecule has 1 N–H and O–H groups in total. The number of hydrogen-bond acceptors (Lipinski definition) is 3. The summed E-state index contributed by atoms with van der Waals surface area (Å²) in [6.07, 6.45) is 0.630. The fraction of sp³-hybridized carbons (Fsp3) is 0.429. The molecular formula is C14H19NO3. The van der Waals surface area contributed by atoms with Gasteiger partial charge in [0.25, 0.3) is 6.47 Å². The van der Waals surface area contributed by atoms with Crippen LogP contribution in [0.1, 0.15) is 31.7 Å². The van der Waals surface area contributed by atoms with Crippen molar-refractivity contribution in [2.45, 2.75) is 32.2 Å². The van der Waals surface area contributed by atoms with E-state index in [1.54, 1.807) is 6.92 Å². The fourth-order valence-electron chi connectivity index (χ4n) is 1.96. The van der Waals surface area contributed by atoms with E-state index in [2.05, 4.69) is 29.1 Å². The smallest absolute Gasteiger partial charge is 0.293 e. The second kappa shape index (κ2) is 7.48. The lowest BCUT2D eigenvalue weighted by Gasteiger charge is -2.13. The van der Waals surface area contributed by atoms with Crippen LogP contribution in [0.5, 0.6) is 0 Å². The summed E-state index contributed by atoms with van der Waals surface area (Å²) in [4.78, 5) is 20.3. The van der Waals surface area contributed by atoms with Gasteiger partial charge in [-0.25, -0.2) is 0 Å². The Bertz CT molecular complexity index is 378. The maximum absolute atomic E-state index is 11.1. The van der Waals surface area contributed by atoms with Crippen molar-refractivity contribution < 1.29 is 14.3 Å². The van der Waals surface area contributed by atoms with Crippen molar-refractivity contribution >= 4 is 12.4 Å². The van der Waals surface area contributed by atoms with Crippen LogP contribution >= 0.6 is 0 Å². The molecule has 0 aromatic heterocycles. The third kappa shape index (κ3) is 4.20. The van der Waals surface area contributed by atoms with Crippen LogP contribution in [0.4, 0.5) is 0 Å². The molecule has 4 nitrogen and oxygen atoms in total. The number of ether oxygens (including phenoxy) is 1. The van der Waals surface area contributed by atoms with Gasteiger partial charge in [-0.15, -0.1) is 0 Å². The van der Waals surface area contributed by atoms with E-state index >= 15 is 0 Å². The molecule has 1 saturated heterocycles. The van der Waals surface area contributed by atoms with Gasteiger partial charge in [-0.05, 0) is 19.4 Å². The highest BCUT2D eigenvalue weighted by atomic mass is 16.5. The van der Waals surface area contributed by atoms with Crippen molar-refractivity contribution in [3.8, 4) is 0 Å². The lowest BCUT2D eigenvalue weighted by molar-refractivity contribution is -0.128. The average Bonchev–Trinajstić information content (AvgIpc) is 2.71. The summed E-state index contributed by atoms with van der Waals surface area (Å²) in [6, 6.07) is 10.5. The first-order valence-electron chi connectivity index (χ1n) is 6.08. The molecule has 1 aromatic rings. The largest absolute Gasteiger partial charge is 0.468 e. The molecule has 2 rings (SSSR count). The predicted octanol–water partition coefficient (Wildman–Crippen LogP) is 1.86. The second-order valence-electron chi connectivity index (χ2n) is 4.13. The zero-order valence-electron chi connectivity index (χ0n) is 10.8. The van der Waals surface area contributed by atoms with Crippen molar-refractivity contribution in [2.75, 3.05) is 6.61 Å². The quantitative estimate of drug-likeness (QED) is 0.832. The van der Waals surface area contributed by atoms with Gasteiger partial charge in [0, 0.05) is 18.4 Å². The molecule has 0 aliphatic carbocycles. The number of rotatable bonds is 3. The summed E-state index contributed by atoms with van der Waals surface area (Å²) < 4.78 is 4.15. The Morgan fingerprint density at radius 3 is 2.44 bits per heavy atom. The maximum atomic E-state index is 11.1. The van der Waals surface area contributed by atoms with Gasteiger partial charge >= 0.3 is 0 Å². The van der Waals surface area contributed by atoms with Crippen molar-refractivity contribution in [1.29, 1.82) is 0 Å². The summed E-state index contributed by atoms with van der Waals surface area (Å²) in [5.41, 5.74) is 1.26. The van der Waals surface area contributed by atoms with Gasteiger partial charge in [0.05, 0.1) is 6.61 Å². The molecular weight excluding hydrogens is 230 g/mol. The summed E-state index contributed by atoms with van der Waals surface area (Å²) in [5, 5.41) is 2.93. The highest BCUT2D eigenvalue weighted by Crippen LogP contribution is 2.27. The van der Waals surface area contributed by atoms with Crippen LogP contribution in [-0.4, -0.2) is 25.0 Å². The van der Waals surface area contributed by atoms with Crippen LogP contribution in [-0.2, 0) is 14.3 Å². The molecule has 1 heterocycles. The second-order valence-corrected chi connectivity index (χ2v) is 4.13. The van der Waals surface area contributed by atoms with Gasteiger partial charge in [0.15, 0.2) is 0 Å². The van der Waals surface area contributed by atoms with Crippen LogP contribution in [0.3, 0.4) is 0 Å². The summed E-state index contributed by atoms with van der Waals surface area (Å²) >= 11 is 0. The average molecular weight is 249 g/mol. The third-order valence-electron chi connectivity index (χ3n) is 2.86. The van der Waals surface area contributed by atoms with E-state index in [1.807, 2.05) is 18.2 Å². The first kappa shape index (κ1) is 14.2. The van der Waals surface area contributed by atoms with Gasteiger partial charge in [-0.1, -0.05) is 30.3 Å². The predicted molar refractivity (Wildman–Crippen MR) is 69.1 cm³/mol. The minimum atomic E-state index is 0.168. The molecule has 1 fully saturated rings. The standard InChI is InChI=1S/C11H13NO.C3H6O2/c1-8-10(7-11(13)12-8)9-5-3-2-4-6-9;1-2-5-3-4/h2-6,8,10H,7H2,1H3,(H,12,13);3H,2H2,1H3. The van der Waals surface area contributed by atoms with E-state index in [-0.39, 0.29) is 11.9 Å². The van der Waals surface area contributed by atoms with Crippen LogP contribution in [0.25, 0.3) is 0 Å². The number of benzene rings is 1. The lowest BCUT2D eigenvalue weighted by Crippen LogP contribution is -2.24. The topological polar surface area (TPSA) is 55.4 Å². The van der Waals surface area contributed by atoms with Crippen molar-refractivity contribution in [3.63, 3.8) is 0 Å². The Kier molecular flexibility index (Phi) is 5.91. The zero-order valence-corrected chi connectivity index (χ0v) is 10.8. The van der Waals surface area contributed by atoms with Gasteiger partial charge in [-0.3, -0.25) is 9.59 Å². The van der Waals surface area contributed by atoms with E-state index in [0.29, 0.717) is 25.4 Å². The summed E-state index contributed by atoms with van der Waals surface area (Å²) in [7, 11) is 0. The molecule has 1 aliphatic rings. The highest BCUT2D eigenvalue weighted by Gasteiger charge is 2.29. The molecule has 4 heteroatoms. The number of carbonyl (C=O) groups is 2. The third-order valence-corrected chi connectivity index (χ3v) is 2.86. The Balaban J connectivity index is 0.000000280.